The third-order valence-corrected chi connectivity index (χ3v) is 11.3. The summed E-state index contributed by atoms with van der Waals surface area (Å²) in [5.74, 6) is 8.44. The molecule has 2 aliphatic heterocycles. The number of amides is 2. The average molecular weight is 785 g/mol. The average Bonchev–Trinajstić information content (AvgIpc) is 4.04. The lowest BCUT2D eigenvalue weighted by Crippen LogP contribution is -2.32. The van der Waals surface area contributed by atoms with Crippen molar-refractivity contribution in [2.45, 2.75) is 57.3 Å². The topological polar surface area (TPSA) is 104 Å². The Kier molecular flexibility index (Phi) is 11.6. The van der Waals surface area contributed by atoms with Crippen LogP contribution in [-0.2, 0) is 35.5 Å². The molecule has 2 aromatic heterocycles. The Morgan fingerprint density at radius 3 is 2.02 bits per heavy atom. The summed E-state index contributed by atoms with van der Waals surface area (Å²) in [5, 5.41) is 0. The molecule has 0 bridgehead atoms. The summed E-state index contributed by atoms with van der Waals surface area (Å²) in [6.45, 7) is 7.09. The number of hydrogen-bond donors (Lipinski definition) is 2. The number of hydrogen-bond acceptors (Lipinski definition) is 6. The lowest BCUT2D eigenvalue weighted by Gasteiger charge is -2.24. The Morgan fingerprint density at radius 2 is 1.36 bits per heavy atom. The van der Waals surface area contributed by atoms with Crippen molar-refractivity contribution < 1.29 is 9.59 Å². The van der Waals surface area contributed by atoms with Crippen molar-refractivity contribution in [1.29, 1.82) is 0 Å². The first-order valence-corrected chi connectivity index (χ1v) is 20.4. The van der Waals surface area contributed by atoms with E-state index in [9.17, 15) is 9.59 Å². The molecule has 8 rings (SSSR count). The van der Waals surface area contributed by atoms with E-state index in [0.717, 1.165) is 99.8 Å². The number of imidazole rings is 2. The quantitative estimate of drug-likeness (QED) is 0.105. The molecule has 2 amide bonds. The zero-order valence-electron chi connectivity index (χ0n) is 34.5. The van der Waals surface area contributed by atoms with Crippen LogP contribution >= 0.6 is 0 Å². The predicted octanol–water partition coefficient (Wildman–Crippen LogP) is 7.45. The van der Waals surface area contributed by atoms with Crippen LogP contribution in [0.4, 0.5) is 0 Å². The normalized spacial score (nSPS) is 16.7. The van der Waals surface area contributed by atoms with Gasteiger partial charge in [0.2, 0.25) is 11.8 Å². The van der Waals surface area contributed by atoms with Gasteiger partial charge in [-0.25, -0.2) is 9.97 Å². The molecule has 0 saturated carbocycles. The number of carbonyl (C=O) groups is 2. The minimum absolute atomic E-state index is 0.0639. The number of benzene rings is 4. The van der Waals surface area contributed by atoms with Gasteiger partial charge in [0, 0.05) is 37.3 Å². The van der Waals surface area contributed by atoms with E-state index in [4.69, 9.17) is 9.97 Å². The summed E-state index contributed by atoms with van der Waals surface area (Å²) in [5.41, 5.74) is 10.9. The van der Waals surface area contributed by atoms with Gasteiger partial charge in [0.1, 0.15) is 11.6 Å². The van der Waals surface area contributed by atoms with Gasteiger partial charge in [0.15, 0.2) is 0 Å². The fraction of sp³-hybridized carbons (Fsp3) is 0.306. The smallest absolute Gasteiger partial charge is 0.227 e. The summed E-state index contributed by atoms with van der Waals surface area (Å²) in [7, 11) is 8.17. The number of nitrogens with zero attached hydrogens (tertiary/aromatic N) is 6. The molecule has 0 radical (unpaired) electrons. The Bertz CT molecular complexity index is 2550. The molecule has 2 N–H and O–H groups in total. The van der Waals surface area contributed by atoms with Crippen LogP contribution in [0.2, 0.25) is 0 Å². The van der Waals surface area contributed by atoms with Gasteiger partial charge in [-0.05, 0) is 106 Å². The standard InChI is InChI=1S/C49H52N8O2/c1-33-25-45(57(30-33)47(59)28-38-12-7-9-14-40(38)32-55(4)5)49-51-41-23-20-35(26-42(41)52-49)17-16-34-18-21-36(22-19-34)43-29-50-48(53-43)44-15-10-24-56(44)46(58)27-37-11-6-8-13-39(37)31-54(2)3/h6-9,11-14,18-23,26,29,44-45H,1,10,15,24-25,27-28,30-32H2,2-5H3,(H,50,53)(H,51,52)/t44-,45-/m0/s1. The van der Waals surface area contributed by atoms with E-state index < -0.39 is 0 Å². The number of carbonyl (C=O) groups excluding carboxylic acids is 2. The molecule has 4 heterocycles. The maximum atomic E-state index is 13.7. The van der Waals surface area contributed by atoms with E-state index in [0.29, 0.717) is 25.8 Å². The van der Waals surface area contributed by atoms with E-state index in [1.165, 1.54) is 5.56 Å². The molecule has 59 heavy (non-hydrogen) atoms. The summed E-state index contributed by atoms with van der Waals surface area (Å²) >= 11 is 0. The largest absolute Gasteiger partial charge is 0.340 e. The lowest BCUT2D eigenvalue weighted by molar-refractivity contribution is -0.132. The van der Waals surface area contributed by atoms with Gasteiger partial charge >= 0.3 is 0 Å². The van der Waals surface area contributed by atoms with Crippen molar-refractivity contribution in [3.63, 3.8) is 0 Å². The maximum absolute atomic E-state index is 13.7. The monoisotopic (exact) mass is 784 g/mol. The van der Waals surface area contributed by atoms with Crippen LogP contribution in [0.15, 0.2) is 109 Å². The molecule has 0 aliphatic carbocycles. The van der Waals surface area contributed by atoms with Crippen LogP contribution in [0.25, 0.3) is 22.3 Å². The number of aromatic amines is 2. The molecule has 10 heteroatoms. The Hall–Kier alpha value is -6.28. The van der Waals surface area contributed by atoms with Gasteiger partial charge in [-0.15, -0.1) is 0 Å². The summed E-state index contributed by atoms with van der Waals surface area (Å²) in [6.07, 6.45) is 5.11. The highest BCUT2D eigenvalue weighted by molar-refractivity contribution is 5.82. The molecule has 6 aromatic rings. The highest BCUT2D eigenvalue weighted by Crippen LogP contribution is 2.35. The Balaban J connectivity index is 0.918. The minimum Gasteiger partial charge on any atom is -0.340 e. The van der Waals surface area contributed by atoms with Gasteiger partial charge in [-0.3, -0.25) is 9.59 Å². The molecule has 300 valence electrons. The van der Waals surface area contributed by atoms with Crippen molar-refractivity contribution in [1.82, 2.24) is 39.5 Å². The van der Waals surface area contributed by atoms with E-state index in [2.05, 4.69) is 56.4 Å². The molecule has 2 aliphatic rings. The lowest BCUT2D eigenvalue weighted by atomic mass is 10.0. The minimum atomic E-state index is -0.191. The number of H-pyrrole nitrogens is 2. The maximum Gasteiger partial charge on any atom is 0.227 e. The van der Waals surface area contributed by atoms with E-state index in [1.807, 2.05) is 117 Å². The molecular weight excluding hydrogens is 733 g/mol. The predicted molar refractivity (Wildman–Crippen MR) is 233 cm³/mol. The van der Waals surface area contributed by atoms with E-state index in [1.54, 1.807) is 0 Å². The molecule has 2 saturated heterocycles. The molecule has 0 spiro atoms. The second kappa shape index (κ2) is 17.3. The number of aromatic nitrogens is 4. The van der Waals surface area contributed by atoms with E-state index >= 15 is 0 Å². The van der Waals surface area contributed by atoms with Crippen molar-refractivity contribution in [2.75, 3.05) is 41.3 Å². The first kappa shape index (κ1) is 39.5. The van der Waals surface area contributed by atoms with Gasteiger partial charge in [-0.2, -0.15) is 0 Å². The molecule has 2 atom stereocenters. The molecular formula is C49H52N8O2. The van der Waals surface area contributed by atoms with Gasteiger partial charge < -0.3 is 29.6 Å². The number of rotatable bonds is 11. The molecule has 10 nitrogen and oxygen atoms in total. The fourth-order valence-electron chi connectivity index (χ4n) is 8.43. The van der Waals surface area contributed by atoms with Gasteiger partial charge in [0.05, 0.1) is 47.8 Å². The van der Waals surface area contributed by atoms with Crippen molar-refractivity contribution >= 4 is 22.8 Å². The van der Waals surface area contributed by atoms with Crippen LogP contribution in [0.3, 0.4) is 0 Å². The van der Waals surface area contributed by atoms with E-state index in [-0.39, 0.29) is 23.9 Å². The number of nitrogens with one attached hydrogen (secondary N) is 2. The summed E-state index contributed by atoms with van der Waals surface area (Å²) in [4.78, 5) is 52.2. The second-order valence-corrected chi connectivity index (χ2v) is 16.5. The van der Waals surface area contributed by atoms with Crippen LogP contribution in [0, 0.1) is 11.8 Å². The summed E-state index contributed by atoms with van der Waals surface area (Å²) in [6, 6.07) is 30.3. The Labute approximate surface area is 347 Å². The summed E-state index contributed by atoms with van der Waals surface area (Å²) < 4.78 is 0. The Morgan fingerprint density at radius 1 is 0.746 bits per heavy atom. The molecule has 4 aromatic carbocycles. The number of fused-ring (bicyclic) bond motifs is 1. The third kappa shape index (κ3) is 9.07. The first-order chi connectivity index (χ1) is 28.6. The molecule has 0 unspecified atom stereocenters. The fourth-order valence-corrected chi connectivity index (χ4v) is 8.43. The first-order valence-electron chi connectivity index (χ1n) is 20.4. The second-order valence-electron chi connectivity index (χ2n) is 16.5. The third-order valence-electron chi connectivity index (χ3n) is 11.3. The SMILES string of the molecule is C=C1C[C@@H](c2nc3ccc(C#Cc4ccc(-c5cnc([C@@H]6CCCN6C(=O)Cc6ccccc6CN(C)C)[nH]5)cc4)cc3[nH]2)N(C(=O)Cc2ccccc2CN(C)C)C1. The highest BCUT2D eigenvalue weighted by Gasteiger charge is 2.35. The van der Waals surface area contributed by atoms with Gasteiger partial charge in [0.25, 0.3) is 0 Å². The number of likely N-dealkylation sites (tertiary alicyclic amines) is 2. The van der Waals surface area contributed by atoms with Crippen LogP contribution < -0.4 is 0 Å². The zero-order valence-corrected chi connectivity index (χ0v) is 34.5. The van der Waals surface area contributed by atoms with Crippen LogP contribution in [0.5, 0.6) is 0 Å². The zero-order chi connectivity index (χ0) is 41.0. The van der Waals surface area contributed by atoms with Crippen molar-refractivity contribution in [3.8, 4) is 23.1 Å². The highest BCUT2D eigenvalue weighted by atomic mass is 16.2. The van der Waals surface area contributed by atoms with Gasteiger partial charge in [-0.1, -0.05) is 84.7 Å². The molecule has 2 fully saturated rings. The van der Waals surface area contributed by atoms with Crippen LogP contribution in [0.1, 0.15) is 76.4 Å². The van der Waals surface area contributed by atoms with Crippen LogP contribution in [-0.4, -0.2) is 92.6 Å². The van der Waals surface area contributed by atoms with Crippen molar-refractivity contribution in [2.24, 2.45) is 0 Å². The van der Waals surface area contributed by atoms with Crippen molar-refractivity contribution in [3.05, 3.63) is 154 Å².